The summed E-state index contributed by atoms with van der Waals surface area (Å²) in [5.74, 6) is 0. The highest BCUT2D eigenvalue weighted by atomic mass is 14.7. The molecule has 0 aliphatic rings. The van der Waals surface area contributed by atoms with Crippen LogP contribution in [0.3, 0.4) is 0 Å². The molecular formula is C16H22N2. The summed E-state index contributed by atoms with van der Waals surface area (Å²) in [7, 11) is 0. The molecule has 0 saturated heterocycles. The molecule has 4 N–H and O–H groups in total. The van der Waals surface area contributed by atoms with Gasteiger partial charge in [0.1, 0.15) is 0 Å². The van der Waals surface area contributed by atoms with Crippen LogP contribution in [0, 0.1) is 6.92 Å². The standard InChI is InChI=1S/C16H22N2/c1-11-4-5-13-9-14(7-6-12(13)8-11)15(17)10-16(2,3)18/h4-9,15H,10,17-18H2,1-3H3. The van der Waals surface area contributed by atoms with Crippen LogP contribution in [-0.4, -0.2) is 5.54 Å². The highest BCUT2D eigenvalue weighted by Crippen LogP contribution is 2.24. The van der Waals surface area contributed by atoms with Crippen molar-refractivity contribution in [3.05, 3.63) is 47.5 Å². The Kier molecular flexibility index (Phi) is 3.42. The zero-order valence-corrected chi connectivity index (χ0v) is 11.4. The number of rotatable bonds is 3. The fourth-order valence-corrected chi connectivity index (χ4v) is 2.30. The van der Waals surface area contributed by atoms with Crippen molar-refractivity contribution in [3.63, 3.8) is 0 Å². The highest BCUT2D eigenvalue weighted by molar-refractivity contribution is 5.83. The summed E-state index contributed by atoms with van der Waals surface area (Å²) in [5, 5.41) is 2.50. The molecule has 1 unspecified atom stereocenters. The van der Waals surface area contributed by atoms with Crippen LogP contribution >= 0.6 is 0 Å². The molecule has 0 amide bonds. The Morgan fingerprint density at radius 3 is 2.33 bits per heavy atom. The van der Waals surface area contributed by atoms with Crippen molar-refractivity contribution < 1.29 is 0 Å². The van der Waals surface area contributed by atoms with Crippen molar-refractivity contribution in [2.24, 2.45) is 11.5 Å². The van der Waals surface area contributed by atoms with Crippen molar-refractivity contribution >= 4 is 10.8 Å². The zero-order valence-electron chi connectivity index (χ0n) is 11.4. The Labute approximate surface area is 109 Å². The van der Waals surface area contributed by atoms with Crippen LogP contribution < -0.4 is 11.5 Å². The molecule has 0 aromatic heterocycles. The van der Waals surface area contributed by atoms with E-state index in [0.29, 0.717) is 0 Å². The molecule has 0 spiro atoms. The normalized spacial score (nSPS) is 13.8. The average molecular weight is 242 g/mol. The molecule has 2 aromatic carbocycles. The molecule has 2 nitrogen and oxygen atoms in total. The van der Waals surface area contributed by atoms with Crippen LogP contribution in [-0.2, 0) is 0 Å². The van der Waals surface area contributed by atoms with Gasteiger partial charge in [0, 0.05) is 11.6 Å². The number of aryl methyl sites for hydroxylation is 1. The lowest BCUT2D eigenvalue weighted by atomic mass is 9.91. The van der Waals surface area contributed by atoms with Gasteiger partial charge in [-0.25, -0.2) is 0 Å². The summed E-state index contributed by atoms with van der Waals surface area (Å²) < 4.78 is 0. The van der Waals surface area contributed by atoms with Gasteiger partial charge in [-0.1, -0.05) is 35.9 Å². The molecule has 2 heteroatoms. The Morgan fingerprint density at radius 1 is 1.06 bits per heavy atom. The second-order valence-corrected chi connectivity index (χ2v) is 5.91. The van der Waals surface area contributed by atoms with E-state index in [9.17, 15) is 0 Å². The van der Waals surface area contributed by atoms with Crippen molar-refractivity contribution in [2.75, 3.05) is 0 Å². The molecule has 18 heavy (non-hydrogen) atoms. The van der Waals surface area contributed by atoms with Gasteiger partial charge < -0.3 is 11.5 Å². The average Bonchev–Trinajstić information content (AvgIpc) is 2.26. The topological polar surface area (TPSA) is 52.0 Å². The minimum atomic E-state index is -0.234. The number of fused-ring (bicyclic) bond motifs is 1. The predicted molar refractivity (Wildman–Crippen MR) is 78.5 cm³/mol. The first-order valence-electron chi connectivity index (χ1n) is 6.40. The van der Waals surface area contributed by atoms with E-state index < -0.39 is 0 Å². The first-order chi connectivity index (χ1) is 8.35. The summed E-state index contributed by atoms with van der Waals surface area (Å²) >= 11 is 0. The third-order valence-corrected chi connectivity index (χ3v) is 3.19. The Hall–Kier alpha value is -1.38. The fraction of sp³-hybridized carbons (Fsp3) is 0.375. The second-order valence-electron chi connectivity index (χ2n) is 5.91. The van der Waals surface area contributed by atoms with Crippen molar-refractivity contribution in [3.8, 4) is 0 Å². The minimum absolute atomic E-state index is 0.00398. The van der Waals surface area contributed by atoms with Crippen LogP contribution in [0.25, 0.3) is 10.8 Å². The summed E-state index contributed by atoms with van der Waals surface area (Å²) in [5.41, 5.74) is 14.5. The van der Waals surface area contributed by atoms with E-state index in [-0.39, 0.29) is 11.6 Å². The van der Waals surface area contributed by atoms with E-state index in [2.05, 4.69) is 43.3 Å². The van der Waals surface area contributed by atoms with Gasteiger partial charge in [0.15, 0.2) is 0 Å². The van der Waals surface area contributed by atoms with Gasteiger partial charge in [-0.3, -0.25) is 0 Å². The predicted octanol–water partition coefficient (Wildman–Crippen LogP) is 3.28. The molecule has 0 aliphatic carbocycles. The maximum atomic E-state index is 6.22. The van der Waals surface area contributed by atoms with E-state index in [1.807, 2.05) is 13.8 Å². The maximum Gasteiger partial charge on any atom is 0.0312 e. The second kappa shape index (κ2) is 4.71. The van der Waals surface area contributed by atoms with Crippen LogP contribution in [0.1, 0.15) is 37.4 Å². The van der Waals surface area contributed by atoms with E-state index in [0.717, 1.165) is 12.0 Å². The van der Waals surface area contributed by atoms with Gasteiger partial charge in [-0.2, -0.15) is 0 Å². The van der Waals surface area contributed by atoms with Crippen LogP contribution in [0.2, 0.25) is 0 Å². The van der Waals surface area contributed by atoms with Crippen molar-refractivity contribution in [1.82, 2.24) is 0 Å². The minimum Gasteiger partial charge on any atom is -0.325 e. The molecule has 2 aromatic rings. The van der Waals surface area contributed by atoms with E-state index in [4.69, 9.17) is 11.5 Å². The largest absolute Gasteiger partial charge is 0.325 e. The van der Waals surface area contributed by atoms with Crippen molar-refractivity contribution in [1.29, 1.82) is 0 Å². The monoisotopic (exact) mass is 242 g/mol. The van der Waals surface area contributed by atoms with Gasteiger partial charge in [0.25, 0.3) is 0 Å². The molecular weight excluding hydrogens is 220 g/mol. The lowest BCUT2D eigenvalue weighted by Crippen LogP contribution is -2.35. The number of hydrogen-bond donors (Lipinski definition) is 2. The number of nitrogens with two attached hydrogens (primary N) is 2. The van der Waals surface area contributed by atoms with Gasteiger partial charge in [0.2, 0.25) is 0 Å². The van der Waals surface area contributed by atoms with Crippen LogP contribution in [0.15, 0.2) is 36.4 Å². The first-order valence-corrected chi connectivity index (χ1v) is 6.40. The fourth-order valence-electron chi connectivity index (χ4n) is 2.30. The molecule has 0 saturated carbocycles. The zero-order chi connectivity index (χ0) is 13.3. The molecule has 96 valence electrons. The summed E-state index contributed by atoms with van der Waals surface area (Å²) in [6.45, 7) is 6.13. The van der Waals surface area contributed by atoms with Gasteiger partial charge in [-0.05, 0) is 49.6 Å². The van der Waals surface area contributed by atoms with Gasteiger partial charge in [0.05, 0.1) is 0 Å². The molecule has 1 atom stereocenters. The molecule has 0 aliphatic heterocycles. The lowest BCUT2D eigenvalue weighted by molar-refractivity contribution is 0.429. The van der Waals surface area contributed by atoms with Crippen molar-refractivity contribution in [2.45, 2.75) is 38.8 Å². The number of benzene rings is 2. The summed E-state index contributed by atoms with van der Waals surface area (Å²) in [4.78, 5) is 0. The molecule has 0 bridgehead atoms. The Bertz CT molecular complexity index is 553. The lowest BCUT2D eigenvalue weighted by Gasteiger charge is -2.23. The highest BCUT2D eigenvalue weighted by Gasteiger charge is 2.17. The molecule has 2 rings (SSSR count). The maximum absolute atomic E-state index is 6.22. The van der Waals surface area contributed by atoms with Crippen LogP contribution in [0.5, 0.6) is 0 Å². The van der Waals surface area contributed by atoms with Gasteiger partial charge in [-0.15, -0.1) is 0 Å². The Balaban J connectivity index is 2.32. The molecule has 0 radical (unpaired) electrons. The van der Waals surface area contributed by atoms with E-state index in [1.54, 1.807) is 0 Å². The third-order valence-electron chi connectivity index (χ3n) is 3.19. The van der Waals surface area contributed by atoms with E-state index >= 15 is 0 Å². The first kappa shape index (κ1) is 13.1. The smallest absolute Gasteiger partial charge is 0.0312 e. The number of hydrogen-bond acceptors (Lipinski definition) is 2. The van der Waals surface area contributed by atoms with E-state index in [1.165, 1.54) is 16.3 Å². The van der Waals surface area contributed by atoms with Crippen LogP contribution in [0.4, 0.5) is 0 Å². The summed E-state index contributed by atoms with van der Waals surface area (Å²) in [6.07, 6.45) is 0.782. The quantitative estimate of drug-likeness (QED) is 0.868. The SMILES string of the molecule is Cc1ccc2cc(C(N)CC(C)(C)N)ccc2c1. The summed E-state index contributed by atoms with van der Waals surface area (Å²) in [6, 6.07) is 12.9. The molecule has 0 fully saturated rings. The third kappa shape index (κ3) is 3.09. The Morgan fingerprint density at radius 2 is 1.67 bits per heavy atom. The van der Waals surface area contributed by atoms with Gasteiger partial charge >= 0.3 is 0 Å². The molecule has 0 heterocycles.